The van der Waals surface area contributed by atoms with E-state index < -0.39 is 6.04 Å². The summed E-state index contributed by atoms with van der Waals surface area (Å²) in [7, 11) is 0. The van der Waals surface area contributed by atoms with Crippen molar-refractivity contribution < 1.29 is 9.59 Å². The van der Waals surface area contributed by atoms with Crippen LogP contribution in [0.15, 0.2) is 42.7 Å². The fraction of sp³-hybridized carbons (Fsp3) is 0.467. The number of amides is 2. The Bertz CT molecular complexity index is 1320. The average Bonchev–Trinajstić information content (AvgIpc) is 3.63. The molecule has 1 fully saturated rings. The first kappa shape index (κ1) is 27.6. The van der Waals surface area contributed by atoms with Crippen molar-refractivity contribution in [2.45, 2.75) is 83.3 Å². The third-order valence-electron chi connectivity index (χ3n) is 7.90. The number of nitrogens with one attached hydrogen (secondary N) is 3. The number of rotatable bonds is 9. The topological polar surface area (TPSA) is 96.0 Å². The summed E-state index contributed by atoms with van der Waals surface area (Å²) in [6.45, 7) is 3.97. The van der Waals surface area contributed by atoms with Gasteiger partial charge in [-0.1, -0.05) is 43.4 Å². The molecule has 0 bridgehead atoms. The van der Waals surface area contributed by atoms with Crippen LogP contribution in [0.4, 0.5) is 5.69 Å². The standard InChI is InChI=1S/C30H36ClN5O2S/c1-18-25(16-22(31)17-33-18)34-19(2)27-11-12-28(39-27)30(38)36-26(14-20-6-3-4-7-20)29(37)35-23-9-10-24-21(15-23)8-5-13-32-24/h5,8,11-13,16-17,19-20,23,26,34H,3-4,6-7,9-10,14-15H2,1-2H3,(H,35,37)(H,36,38). The number of nitrogens with zero attached hydrogens (tertiary/aromatic N) is 2. The van der Waals surface area contributed by atoms with E-state index in [4.69, 9.17) is 11.6 Å². The third kappa shape index (κ3) is 6.97. The highest BCUT2D eigenvalue weighted by Gasteiger charge is 2.30. The van der Waals surface area contributed by atoms with Crippen LogP contribution in [-0.4, -0.2) is 33.9 Å². The molecule has 1 saturated carbocycles. The number of carbonyl (C=O) groups excluding carboxylic acids is 2. The first-order valence-corrected chi connectivity index (χ1v) is 15.1. The minimum Gasteiger partial charge on any atom is -0.376 e. The van der Waals surface area contributed by atoms with Gasteiger partial charge in [0.25, 0.3) is 5.91 Å². The number of aromatic nitrogens is 2. The van der Waals surface area contributed by atoms with E-state index in [1.54, 1.807) is 6.20 Å². The Labute approximate surface area is 239 Å². The molecule has 0 aliphatic heterocycles. The summed E-state index contributed by atoms with van der Waals surface area (Å²) < 4.78 is 0. The highest BCUT2D eigenvalue weighted by atomic mass is 35.5. The van der Waals surface area contributed by atoms with Crippen molar-refractivity contribution in [3.05, 3.63) is 74.5 Å². The highest BCUT2D eigenvalue weighted by molar-refractivity contribution is 7.14. The van der Waals surface area contributed by atoms with Crippen LogP contribution in [0.3, 0.4) is 0 Å². The van der Waals surface area contributed by atoms with E-state index in [0.717, 1.165) is 54.1 Å². The van der Waals surface area contributed by atoms with Gasteiger partial charge in [-0.2, -0.15) is 0 Å². The smallest absolute Gasteiger partial charge is 0.262 e. The second-order valence-corrected chi connectivity index (χ2v) is 12.4. The van der Waals surface area contributed by atoms with Crippen LogP contribution in [0.2, 0.25) is 5.02 Å². The van der Waals surface area contributed by atoms with E-state index in [-0.39, 0.29) is 23.9 Å². The first-order valence-electron chi connectivity index (χ1n) is 13.9. The first-order chi connectivity index (χ1) is 18.9. The highest BCUT2D eigenvalue weighted by Crippen LogP contribution is 2.30. The van der Waals surface area contributed by atoms with Crippen molar-refractivity contribution >= 4 is 40.4 Å². The Morgan fingerprint density at radius 1 is 1.15 bits per heavy atom. The van der Waals surface area contributed by atoms with Gasteiger partial charge in [-0.15, -0.1) is 11.3 Å². The van der Waals surface area contributed by atoms with Gasteiger partial charge in [0, 0.05) is 29.0 Å². The molecule has 3 unspecified atom stereocenters. The Morgan fingerprint density at radius 2 is 1.97 bits per heavy atom. The Morgan fingerprint density at radius 3 is 2.79 bits per heavy atom. The Balaban J connectivity index is 1.24. The molecule has 0 spiro atoms. The third-order valence-corrected chi connectivity index (χ3v) is 9.37. The lowest BCUT2D eigenvalue weighted by Gasteiger charge is -2.28. The molecule has 3 heterocycles. The number of aryl methyl sites for hydroxylation is 2. The number of hydrogen-bond donors (Lipinski definition) is 3. The van der Waals surface area contributed by atoms with Crippen molar-refractivity contribution in [1.29, 1.82) is 0 Å². The molecule has 3 atom stereocenters. The SMILES string of the molecule is Cc1ncc(Cl)cc1NC(C)c1ccc(C(=O)NC(CC2CCCC2)C(=O)NC2CCc3ncccc3C2)s1. The molecular weight excluding hydrogens is 530 g/mol. The fourth-order valence-electron chi connectivity index (χ4n) is 5.69. The van der Waals surface area contributed by atoms with Crippen LogP contribution in [0.5, 0.6) is 0 Å². The zero-order valence-electron chi connectivity index (χ0n) is 22.5. The van der Waals surface area contributed by atoms with Gasteiger partial charge in [-0.25, -0.2) is 0 Å². The minimum atomic E-state index is -0.544. The Kier molecular flexibility index (Phi) is 8.82. The molecular formula is C30H36ClN5O2S. The number of anilines is 1. The molecule has 0 aromatic carbocycles. The van der Waals surface area contributed by atoms with E-state index >= 15 is 0 Å². The van der Waals surface area contributed by atoms with Gasteiger partial charge in [-0.3, -0.25) is 19.6 Å². The normalized spacial score (nSPS) is 18.7. The summed E-state index contributed by atoms with van der Waals surface area (Å²) >= 11 is 7.56. The Hall–Kier alpha value is -2.97. The van der Waals surface area contributed by atoms with Gasteiger partial charge in [0.15, 0.2) is 0 Å². The molecule has 39 heavy (non-hydrogen) atoms. The monoisotopic (exact) mass is 565 g/mol. The van der Waals surface area contributed by atoms with Crippen molar-refractivity contribution in [3.8, 4) is 0 Å². The van der Waals surface area contributed by atoms with Crippen LogP contribution < -0.4 is 16.0 Å². The van der Waals surface area contributed by atoms with Crippen molar-refractivity contribution in [1.82, 2.24) is 20.6 Å². The van der Waals surface area contributed by atoms with Gasteiger partial charge in [0.2, 0.25) is 5.91 Å². The molecule has 206 valence electrons. The second kappa shape index (κ2) is 12.5. The largest absolute Gasteiger partial charge is 0.376 e. The maximum absolute atomic E-state index is 13.5. The van der Waals surface area contributed by atoms with Crippen LogP contribution >= 0.6 is 22.9 Å². The second-order valence-electron chi connectivity index (χ2n) is 10.8. The number of carbonyl (C=O) groups is 2. The maximum atomic E-state index is 13.5. The summed E-state index contributed by atoms with van der Waals surface area (Å²) in [6.07, 6.45) is 11.3. The van der Waals surface area contributed by atoms with Gasteiger partial charge in [0.1, 0.15) is 6.04 Å². The quantitative estimate of drug-likeness (QED) is 0.294. The van der Waals surface area contributed by atoms with E-state index in [1.807, 2.05) is 44.3 Å². The molecule has 2 aliphatic rings. The lowest BCUT2D eigenvalue weighted by molar-refractivity contribution is -0.124. The van der Waals surface area contributed by atoms with Crippen molar-refractivity contribution in [2.24, 2.45) is 5.92 Å². The zero-order chi connectivity index (χ0) is 27.4. The summed E-state index contributed by atoms with van der Waals surface area (Å²) in [4.78, 5) is 37.2. The predicted octanol–water partition coefficient (Wildman–Crippen LogP) is 6.03. The van der Waals surface area contributed by atoms with Crippen molar-refractivity contribution in [3.63, 3.8) is 0 Å². The number of halogens is 1. The van der Waals surface area contributed by atoms with Gasteiger partial charge in [-0.05, 0) is 75.3 Å². The average molecular weight is 566 g/mol. The van der Waals surface area contributed by atoms with Gasteiger partial charge in [0.05, 0.1) is 27.3 Å². The zero-order valence-corrected chi connectivity index (χ0v) is 24.1. The summed E-state index contributed by atoms with van der Waals surface area (Å²) in [5.41, 5.74) is 4.05. The predicted molar refractivity (Wildman–Crippen MR) is 156 cm³/mol. The molecule has 0 saturated heterocycles. The number of fused-ring (bicyclic) bond motifs is 1. The maximum Gasteiger partial charge on any atom is 0.262 e. The summed E-state index contributed by atoms with van der Waals surface area (Å²) in [6, 6.07) is 9.18. The number of thiophene rings is 1. The molecule has 3 aromatic heterocycles. The molecule has 9 heteroatoms. The van der Waals surface area contributed by atoms with Crippen LogP contribution in [-0.2, 0) is 17.6 Å². The lowest BCUT2D eigenvalue weighted by Crippen LogP contribution is -2.51. The van der Waals surface area contributed by atoms with Crippen molar-refractivity contribution in [2.75, 3.05) is 5.32 Å². The van der Waals surface area contributed by atoms with E-state index in [0.29, 0.717) is 22.2 Å². The number of hydrogen-bond acceptors (Lipinski definition) is 6. The molecule has 2 aliphatic carbocycles. The minimum absolute atomic E-state index is 0.0308. The molecule has 0 radical (unpaired) electrons. The van der Waals surface area contributed by atoms with Crippen LogP contribution in [0.1, 0.15) is 83.0 Å². The molecule has 3 aromatic rings. The fourth-order valence-corrected chi connectivity index (χ4v) is 6.76. The summed E-state index contributed by atoms with van der Waals surface area (Å²) in [5, 5.41) is 10.3. The van der Waals surface area contributed by atoms with Crippen LogP contribution in [0, 0.1) is 12.8 Å². The summed E-state index contributed by atoms with van der Waals surface area (Å²) in [5.74, 6) is 0.189. The molecule has 3 N–H and O–H groups in total. The molecule has 5 rings (SSSR count). The number of pyridine rings is 2. The van der Waals surface area contributed by atoms with E-state index in [9.17, 15) is 9.59 Å². The van der Waals surface area contributed by atoms with E-state index in [1.165, 1.54) is 29.7 Å². The molecule has 2 amide bonds. The van der Waals surface area contributed by atoms with Gasteiger partial charge < -0.3 is 16.0 Å². The van der Waals surface area contributed by atoms with E-state index in [2.05, 4.69) is 32.0 Å². The van der Waals surface area contributed by atoms with Crippen LogP contribution in [0.25, 0.3) is 0 Å². The lowest BCUT2D eigenvalue weighted by atomic mass is 9.91. The molecule has 7 nitrogen and oxygen atoms in total. The van der Waals surface area contributed by atoms with Gasteiger partial charge >= 0.3 is 0 Å².